The maximum absolute atomic E-state index is 12.1. The lowest BCUT2D eigenvalue weighted by Gasteiger charge is -2.07. The summed E-state index contributed by atoms with van der Waals surface area (Å²) in [6, 6.07) is 3.04. The Balaban J connectivity index is 3.40. The molecule has 0 amide bonds. The summed E-state index contributed by atoms with van der Waals surface area (Å²) in [6.45, 7) is 3.81. The lowest BCUT2D eigenvalue weighted by atomic mass is 10.2. The van der Waals surface area contributed by atoms with Crippen LogP contribution in [0.15, 0.2) is 39.8 Å². The number of methoxy groups -OCH3 is 1. The number of allylic oxidation sites excluding steroid dienone is 2. The first-order chi connectivity index (χ1) is 8.51. The van der Waals surface area contributed by atoms with Gasteiger partial charge in [-0.2, -0.15) is 0 Å². The van der Waals surface area contributed by atoms with Gasteiger partial charge in [-0.3, -0.25) is 14.4 Å². The summed E-state index contributed by atoms with van der Waals surface area (Å²) in [5, 5.41) is 0. The minimum atomic E-state index is -0.651. The summed E-state index contributed by atoms with van der Waals surface area (Å²) in [5.41, 5.74) is 0.553. The summed E-state index contributed by atoms with van der Waals surface area (Å²) in [4.78, 5) is 27.6. The van der Waals surface area contributed by atoms with Gasteiger partial charge in [0, 0.05) is 13.2 Å². The predicted octanol–water partition coefficient (Wildman–Crippen LogP) is 1.48. The van der Waals surface area contributed by atoms with Gasteiger partial charge in [0.1, 0.15) is 11.4 Å². The molecule has 0 N–H and O–H groups in total. The molecule has 1 rings (SSSR count). The number of aromatic nitrogens is 1. The number of esters is 1. The number of carbonyl (C=O) groups is 1. The first-order valence-electron chi connectivity index (χ1n) is 5.43. The first-order valence-corrected chi connectivity index (χ1v) is 5.43. The van der Waals surface area contributed by atoms with Crippen LogP contribution in [0.5, 0.6) is 0 Å². The Hall–Kier alpha value is -2.17. The largest absolute Gasteiger partial charge is 0.465 e. The standard InChI is InChI=1S/C13H16N2O3/c1-9(2)8-11(14-3)15-7-5-6-10(12(15)16)13(17)18-4/h5-8H,1-4H3. The van der Waals surface area contributed by atoms with Crippen molar-refractivity contribution in [1.82, 2.24) is 4.57 Å². The van der Waals surface area contributed by atoms with E-state index in [9.17, 15) is 9.59 Å². The highest BCUT2D eigenvalue weighted by molar-refractivity contribution is 5.96. The Morgan fingerprint density at radius 2 is 2.11 bits per heavy atom. The maximum atomic E-state index is 12.1. The second-order valence-electron chi connectivity index (χ2n) is 3.89. The number of rotatable bonds is 2. The topological polar surface area (TPSA) is 60.7 Å². The van der Waals surface area contributed by atoms with Crippen molar-refractivity contribution in [2.75, 3.05) is 14.2 Å². The minimum Gasteiger partial charge on any atom is -0.465 e. The molecule has 0 aliphatic rings. The second-order valence-corrected chi connectivity index (χ2v) is 3.89. The number of pyridine rings is 1. The third kappa shape index (κ3) is 2.94. The van der Waals surface area contributed by atoms with Gasteiger partial charge >= 0.3 is 5.97 Å². The molecule has 0 fully saturated rings. The van der Waals surface area contributed by atoms with E-state index >= 15 is 0 Å². The molecule has 0 saturated carbocycles. The van der Waals surface area contributed by atoms with Crippen LogP contribution in [0.4, 0.5) is 0 Å². The lowest BCUT2D eigenvalue weighted by Crippen LogP contribution is -2.30. The molecule has 0 spiro atoms. The van der Waals surface area contributed by atoms with Crippen molar-refractivity contribution in [2.24, 2.45) is 4.99 Å². The minimum absolute atomic E-state index is 0.0108. The predicted molar refractivity (Wildman–Crippen MR) is 70.2 cm³/mol. The van der Waals surface area contributed by atoms with Gasteiger partial charge in [0.2, 0.25) is 0 Å². The average Bonchev–Trinajstić information content (AvgIpc) is 2.35. The molecule has 0 unspecified atom stereocenters. The number of carbonyl (C=O) groups excluding carboxylic acids is 1. The normalized spacial score (nSPS) is 11.0. The highest BCUT2D eigenvalue weighted by atomic mass is 16.5. The molecular weight excluding hydrogens is 232 g/mol. The van der Waals surface area contributed by atoms with Crippen molar-refractivity contribution in [2.45, 2.75) is 13.8 Å². The highest BCUT2D eigenvalue weighted by Crippen LogP contribution is 1.98. The fourth-order valence-corrected chi connectivity index (χ4v) is 1.44. The molecule has 0 saturated heterocycles. The molecule has 0 aromatic carbocycles. The fraction of sp³-hybridized carbons (Fsp3) is 0.308. The molecule has 5 nitrogen and oxygen atoms in total. The van der Waals surface area contributed by atoms with E-state index in [1.807, 2.05) is 13.8 Å². The van der Waals surface area contributed by atoms with Gasteiger partial charge < -0.3 is 4.74 Å². The van der Waals surface area contributed by atoms with Crippen LogP contribution in [-0.4, -0.2) is 30.5 Å². The summed E-state index contributed by atoms with van der Waals surface area (Å²) >= 11 is 0. The van der Waals surface area contributed by atoms with E-state index in [-0.39, 0.29) is 5.56 Å². The molecule has 1 heterocycles. The SMILES string of the molecule is CN=C(C=C(C)C)n1cccc(C(=O)OC)c1=O. The first kappa shape index (κ1) is 13.9. The molecule has 96 valence electrons. The summed E-state index contributed by atoms with van der Waals surface area (Å²) < 4.78 is 5.88. The van der Waals surface area contributed by atoms with Gasteiger partial charge in [-0.25, -0.2) is 4.79 Å². The van der Waals surface area contributed by atoms with Crippen LogP contribution in [0.3, 0.4) is 0 Å². The number of hydrogen-bond donors (Lipinski definition) is 0. The molecule has 0 aliphatic heterocycles. The third-order valence-electron chi connectivity index (χ3n) is 2.25. The van der Waals surface area contributed by atoms with Crippen LogP contribution in [-0.2, 0) is 4.74 Å². The fourth-order valence-electron chi connectivity index (χ4n) is 1.44. The summed E-state index contributed by atoms with van der Waals surface area (Å²) in [5.74, 6) is -0.173. The van der Waals surface area contributed by atoms with E-state index < -0.39 is 11.5 Å². The molecule has 0 atom stereocenters. The zero-order valence-corrected chi connectivity index (χ0v) is 10.9. The zero-order valence-electron chi connectivity index (χ0n) is 10.9. The number of nitrogens with zero attached hydrogens (tertiary/aromatic N) is 2. The van der Waals surface area contributed by atoms with Crippen molar-refractivity contribution in [3.8, 4) is 0 Å². The van der Waals surface area contributed by atoms with Crippen LogP contribution >= 0.6 is 0 Å². The Morgan fingerprint density at radius 1 is 1.44 bits per heavy atom. The molecule has 0 aliphatic carbocycles. The summed E-state index contributed by atoms with van der Waals surface area (Å²) in [6.07, 6.45) is 3.33. The molecular formula is C13H16N2O3. The molecule has 1 aromatic heterocycles. The Labute approximate surface area is 105 Å². The molecule has 1 aromatic rings. The van der Waals surface area contributed by atoms with Crippen LogP contribution in [0.1, 0.15) is 24.2 Å². The Bertz CT molecular complexity index is 564. The molecule has 18 heavy (non-hydrogen) atoms. The van der Waals surface area contributed by atoms with Crippen LogP contribution in [0.25, 0.3) is 0 Å². The van der Waals surface area contributed by atoms with Crippen LogP contribution < -0.4 is 5.56 Å². The van der Waals surface area contributed by atoms with Crippen molar-refractivity contribution in [3.63, 3.8) is 0 Å². The average molecular weight is 248 g/mol. The third-order valence-corrected chi connectivity index (χ3v) is 2.25. The van der Waals surface area contributed by atoms with Gasteiger partial charge in [0.05, 0.1) is 7.11 Å². The van der Waals surface area contributed by atoms with Crippen molar-refractivity contribution < 1.29 is 9.53 Å². The smallest absolute Gasteiger partial charge is 0.343 e. The lowest BCUT2D eigenvalue weighted by molar-refractivity contribution is 0.0598. The Kier molecular flexibility index (Phi) is 4.59. The molecule has 0 bridgehead atoms. The van der Waals surface area contributed by atoms with E-state index in [2.05, 4.69) is 9.73 Å². The van der Waals surface area contributed by atoms with Gasteiger partial charge in [0.25, 0.3) is 5.56 Å². The van der Waals surface area contributed by atoms with E-state index in [4.69, 9.17) is 0 Å². The van der Waals surface area contributed by atoms with Gasteiger partial charge in [0.15, 0.2) is 0 Å². The van der Waals surface area contributed by atoms with Crippen molar-refractivity contribution in [3.05, 3.63) is 45.9 Å². The molecule has 5 heteroatoms. The van der Waals surface area contributed by atoms with Gasteiger partial charge in [-0.05, 0) is 32.1 Å². The van der Waals surface area contributed by atoms with E-state index in [0.717, 1.165) is 5.57 Å². The highest BCUT2D eigenvalue weighted by Gasteiger charge is 2.13. The Morgan fingerprint density at radius 3 is 2.61 bits per heavy atom. The van der Waals surface area contributed by atoms with Crippen molar-refractivity contribution >= 4 is 11.8 Å². The maximum Gasteiger partial charge on any atom is 0.343 e. The van der Waals surface area contributed by atoms with E-state index in [0.29, 0.717) is 5.84 Å². The van der Waals surface area contributed by atoms with E-state index in [1.54, 1.807) is 25.4 Å². The van der Waals surface area contributed by atoms with Gasteiger partial charge in [-0.15, -0.1) is 0 Å². The van der Waals surface area contributed by atoms with Crippen LogP contribution in [0, 0.1) is 0 Å². The van der Waals surface area contributed by atoms with Crippen molar-refractivity contribution in [1.29, 1.82) is 0 Å². The van der Waals surface area contributed by atoms with Gasteiger partial charge in [-0.1, -0.05) is 5.57 Å². The number of aliphatic imine (C=N–C) groups is 1. The summed E-state index contributed by atoms with van der Waals surface area (Å²) in [7, 11) is 2.83. The molecule has 0 radical (unpaired) electrons. The zero-order chi connectivity index (χ0) is 13.7. The monoisotopic (exact) mass is 248 g/mol. The second kappa shape index (κ2) is 5.95. The van der Waals surface area contributed by atoms with Crippen LogP contribution in [0.2, 0.25) is 0 Å². The number of ether oxygens (including phenoxy) is 1. The number of hydrogen-bond acceptors (Lipinski definition) is 4. The quantitative estimate of drug-likeness (QED) is 0.452. The van der Waals surface area contributed by atoms with E-state index in [1.165, 1.54) is 17.7 Å².